The van der Waals surface area contributed by atoms with Gasteiger partial charge in [-0.1, -0.05) is 25.3 Å². The lowest BCUT2D eigenvalue weighted by molar-refractivity contribution is 0.0258. The fourth-order valence-corrected chi connectivity index (χ4v) is 6.52. The first kappa shape index (κ1) is 23.8. The number of nitrogens with zero attached hydrogens (tertiary/aromatic N) is 4. The van der Waals surface area contributed by atoms with Crippen LogP contribution in [0.3, 0.4) is 0 Å². The lowest BCUT2D eigenvalue weighted by atomic mass is 10.0. The van der Waals surface area contributed by atoms with E-state index in [4.69, 9.17) is 16.2 Å². The maximum Gasteiger partial charge on any atom is 0.222 e. The van der Waals surface area contributed by atoms with Gasteiger partial charge in [-0.25, -0.2) is 18.1 Å². The first-order valence-corrected chi connectivity index (χ1v) is 13.6. The predicted molar refractivity (Wildman–Crippen MR) is 136 cm³/mol. The highest BCUT2D eigenvalue weighted by Crippen LogP contribution is 2.29. The van der Waals surface area contributed by atoms with Crippen LogP contribution in [0.1, 0.15) is 39.0 Å². The highest BCUT2D eigenvalue weighted by molar-refractivity contribution is 7.90. The summed E-state index contributed by atoms with van der Waals surface area (Å²) in [5.41, 5.74) is 14.3. The van der Waals surface area contributed by atoms with Gasteiger partial charge in [0.05, 0.1) is 35.2 Å². The van der Waals surface area contributed by atoms with E-state index in [-0.39, 0.29) is 29.9 Å². The molecule has 2 aliphatic rings. The molecule has 1 saturated heterocycles. The number of aromatic nitrogens is 4. The molecular weight excluding hydrogens is 468 g/mol. The Balaban J connectivity index is 1.33. The molecule has 6 N–H and O–H groups in total. The largest absolute Gasteiger partial charge is 0.382 e. The fourth-order valence-electron chi connectivity index (χ4n) is 4.91. The lowest BCUT2D eigenvalue weighted by Crippen LogP contribution is -2.52. The van der Waals surface area contributed by atoms with Crippen LogP contribution in [0.5, 0.6) is 0 Å². The Morgan fingerprint density at radius 2 is 1.97 bits per heavy atom. The van der Waals surface area contributed by atoms with Gasteiger partial charge in [0.15, 0.2) is 5.82 Å². The number of benzene rings is 1. The molecule has 2 aromatic heterocycles. The van der Waals surface area contributed by atoms with Crippen molar-refractivity contribution < 1.29 is 13.2 Å². The number of aromatic amines is 1. The summed E-state index contributed by atoms with van der Waals surface area (Å²) < 4.78 is 34.3. The van der Waals surface area contributed by atoms with Crippen molar-refractivity contribution in [2.75, 3.05) is 36.1 Å². The average Bonchev–Trinajstić information content (AvgIpc) is 3.23. The van der Waals surface area contributed by atoms with E-state index in [1.54, 1.807) is 0 Å². The number of nitrogens with one attached hydrogen (secondary N) is 2. The number of fused-ring (bicyclic) bond motifs is 1. The minimum absolute atomic E-state index is 0.0400. The third kappa shape index (κ3) is 5.04. The molecule has 2 fully saturated rings. The van der Waals surface area contributed by atoms with E-state index in [0.717, 1.165) is 48.6 Å². The van der Waals surface area contributed by atoms with Gasteiger partial charge in [0.2, 0.25) is 16.0 Å². The molecule has 1 aliphatic carbocycles. The number of morpholine rings is 1. The first-order chi connectivity index (χ1) is 16.8. The average molecular weight is 501 g/mol. The van der Waals surface area contributed by atoms with Crippen LogP contribution in [0.25, 0.3) is 22.2 Å². The molecule has 1 aromatic carbocycles. The SMILES string of the molecule is C[C@@H]1CO[C@H](CNS(=O)(=O)C2CCCCC2)CN1c1cc(-c2ccc3c(N)n[nH]c3c2)nc(N)n1. The summed E-state index contributed by atoms with van der Waals surface area (Å²) in [6, 6.07) is 7.68. The molecule has 1 saturated carbocycles. The van der Waals surface area contributed by atoms with E-state index >= 15 is 0 Å². The number of hydrogen-bond acceptors (Lipinski definition) is 9. The summed E-state index contributed by atoms with van der Waals surface area (Å²) in [6.45, 7) is 3.21. The lowest BCUT2D eigenvalue weighted by Gasteiger charge is -2.39. The summed E-state index contributed by atoms with van der Waals surface area (Å²) in [7, 11) is -3.36. The minimum Gasteiger partial charge on any atom is -0.382 e. The maximum absolute atomic E-state index is 12.8. The van der Waals surface area contributed by atoms with E-state index in [1.807, 2.05) is 31.2 Å². The predicted octanol–water partition coefficient (Wildman–Crippen LogP) is 2.03. The van der Waals surface area contributed by atoms with Crippen molar-refractivity contribution >= 4 is 38.5 Å². The van der Waals surface area contributed by atoms with Gasteiger partial charge in [-0.2, -0.15) is 10.1 Å². The van der Waals surface area contributed by atoms with Gasteiger partial charge < -0.3 is 21.1 Å². The second kappa shape index (κ2) is 9.59. The number of nitrogens with two attached hydrogens (primary N) is 2. The molecule has 2 atom stereocenters. The van der Waals surface area contributed by atoms with Crippen molar-refractivity contribution in [3.05, 3.63) is 24.3 Å². The number of H-pyrrole nitrogens is 1. The Kier molecular flexibility index (Phi) is 6.51. The molecule has 35 heavy (non-hydrogen) atoms. The van der Waals surface area contributed by atoms with Crippen LogP contribution in [0.2, 0.25) is 0 Å². The zero-order chi connectivity index (χ0) is 24.6. The van der Waals surface area contributed by atoms with Crippen LogP contribution < -0.4 is 21.1 Å². The number of sulfonamides is 1. The molecule has 12 heteroatoms. The van der Waals surface area contributed by atoms with Crippen LogP contribution in [0.4, 0.5) is 17.6 Å². The molecular formula is C23H32N8O3S. The Morgan fingerprint density at radius 1 is 1.17 bits per heavy atom. The van der Waals surface area contributed by atoms with Gasteiger partial charge in [-0.05, 0) is 31.9 Å². The summed E-state index contributed by atoms with van der Waals surface area (Å²) in [6.07, 6.45) is 4.20. The summed E-state index contributed by atoms with van der Waals surface area (Å²) in [5, 5.41) is 7.51. The van der Waals surface area contributed by atoms with Gasteiger partial charge in [0.1, 0.15) is 5.82 Å². The van der Waals surface area contributed by atoms with E-state index in [1.165, 1.54) is 0 Å². The van der Waals surface area contributed by atoms with Crippen molar-refractivity contribution in [1.82, 2.24) is 24.9 Å². The molecule has 0 unspecified atom stereocenters. The number of anilines is 3. The Morgan fingerprint density at radius 3 is 2.77 bits per heavy atom. The summed E-state index contributed by atoms with van der Waals surface area (Å²) in [5.74, 6) is 1.28. The van der Waals surface area contributed by atoms with Crippen molar-refractivity contribution in [2.45, 2.75) is 56.4 Å². The molecule has 188 valence electrons. The standard InChI is InChI=1S/C23H32N8O3S/c1-14-13-34-16(11-26-35(32,33)17-5-3-2-4-6-17)12-31(14)21-10-19(27-23(25)28-21)15-7-8-18-20(9-15)29-30-22(18)24/h7-10,14,16-17,26H,2-6,11-13H2,1H3,(H3,24,29,30)(H2,25,27,28)/t14-,16-/m1/s1. The second-order valence-corrected chi connectivity index (χ2v) is 11.5. The molecule has 0 bridgehead atoms. The van der Waals surface area contributed by atoms with Crippen molar-refractivity contribution in [3.63, 3.8) is 0 Å². The van der Waals surface area contributed by atoms with Gasteiger partial charge in [0.25, 0.3) is 0 Å². The van der Waals surface area contributed by atoms with Gasteiger partial charge >= 0.3 is 0 Å². The molecule has 5 rings (SSSR count). The van der Waals surface area contributed by atoms with Gasteiger partial charge in [0, 0.05) is 30.1 Å². The highest BCUT2D eigenvalue weighted by atomic mass is 32.2. The van der Waals surface area contributed by atoms with Gasteiger partial charge in [-0.15, -0.1) is 0 Å². The monoisotopic (exact) mass is 500 g/mol. The number of hydrogen-bond donors (Lipinski definition) is 4. The normalized spacial score (nSPS) is 22.0. The Labute approximate surface area is 204 Å². The van der Waals surface area contributed by atoms with Crippen LogP contribution in [0, 0.1) is 0 Å². The quantitative estimate of drug-likeness (QED) is 0.396. The van der Waals surface area contributed by atoms with Gasteiger partial charge in [-0.3, -0.25) is 5.10 Å². The smallest absolute Gasteiger partial charge is 0.222 e. The van der Waals surface area contributed by atoms with E-state index in [2.05, 4.69) is 29.8 Å². The fraction of sp³-hybridized carbons (Fsp3) is 0.522. The van der Waals surface area contributed by atoms with Crippen LogP contribution >= 0.6 is 0 Å². The van der Waals surface area contributed by atoms with E-state index < -0.39 is 10.0 Å². The second-order valence-electron chi connectivity index (χ2n) is 9.45. The Bertz CT molecular complexity index is 1310. The third-order valence-electron chi connectivity index (χ3n) is 6.92. The van der Waals surface area contributed by atoms with E-state index in [0.29, 0.717) is 30.5 Å². The van der Waals surface area contributed by atoms with Crippen LogP contribution in [-0.4, -0.2) is 65.7 Å². The maximum atomic E-state index is 12.8. The summed E-state index contributed by atoms with van der Waals surface area (Å²) >= 11 is 0. The van der Waals surface area contributed by atoms with Crippen molar-refractivity contribution in [3.8, 4) is 11.3 Å². The zero-order valence-electron chi connectivity index (χ0n) is 19.8. The molecule has 3 aromatic rings. The zero-order valence-corrected chi connectivity index (χ0v) is 20.6. The van der Waals surface area contributed by atoms with E-state index in [9.17, 15) is 8.42 Å². The first-order valence-electron chi connectivity index (χ1n) is 12.1. The van der Waals surface area contributed by atoms with Crippen LogP contribution in [-0.2, 0) is 14.8 Å². The van der Waals surface area contributed by atoms with Crippen molar-refractivity contribution in [2.24, 2.45) is 0 Å². The molecule has 3 heterocycles. The topological polar surface area (TPSA) is 165 Å². The number of rotatable bonds is 6. The molecule has 0 radical (unpaired) electrons. The third-order valence-corrected chi connectivity index (χ3v) is 8.84. The molecule has 0 amide bonds. The summed E-state index contributed by atoms with van der Waals surface area (Å²) in [4.78, 5) is 11.0. The van der Waals surface area contributed by atoms with Crippen molar-refractivity contribution in [1.29, 1.82) is 0 Å². The number of nitrogen functional groups attached to an aromatic ring is 2. The molecule has 1 aliphatic heterocycles. The number of ether oxygens (including phenoxy) is 1. The minimum atomic E-state index is -3.36. The highest BCUT2D eigenvalue weighted by Gasteiger charge is 2.31. The molecule has 0 spiro atoms. The molecule has 11 nitrogen and oxygen atoms in total. The Hall–Kier alpha value is -2.96. The van der Waals surface area contributed by atoms with Crippen LogP contribution in [0.15, 0.2) is 24.3 Å².